The number of methoxy groups -OCH3 is 2. The van der Waals surface area contributed by atoms with Crippen molar-refractivity contribution in [3.63, 3.8) is 0 Å². The van der Waals surface area contributed by atoms with Gasteiger partial charge in [0, 0.05) is 10.6 Å². The minimum atomic E-state index is -0.238. The van der Waals surface area contributed by atoms with Crippen LogP contribution in [0.3, 0.4) is 0 Å². The van der Waals surface area contributed by atoms with Crippen LogP contribution in [0.2, 0.25) is 5.02 Å². The van der Waals surface area contributed by atoms with E-state index in [4.69, 9.17) is 25.6 Å². The van der Waals surface area contributed by atoms with Crippen molar-refractivity contribution in [1.29, 1.82) is 0 Å². The van der Waals surface area contributed by atoms with E-state index >= 15 is 0 Å². The third kappa shape index (κ3) is 3.29. The molecule has 0 spiro atoms. The highest BCUT2D eigenvalue weighted by Crippen LogP contribution is 2.31. The Kier molecular flexibility index (Phi) is 4.70. The predicted octanol–water partition coefficient (Wildman–Crippen LogP) is 3.17. The van der Waals surface area contributed by atoms with Crippen LogP contribution in [-0.4, -0.2) is 33.9 Å². The predicted molar refractivity (Wildman–Crippen MR) is 103 cm³/mol. The Labute approximate surface area is 164 Å². The second kappa shape index (κ2) is 7.32. The monoisotopic (exact) mass is 398 g/mol. The van der Waals surface area contributed by atoms with Gasteiger partial charge in [0.15, 0.2) is 11.5 Å². The van der Waals surface area contributed by atoms with Crippen LogP contribution in [0.1, 0.15) is 5.89 Å². The number of fused-ring (bicyclic) bond motifs is 1. The molecule has 0 amide bonds. The molecule has 0 N–H and O–H groups in total. The van der Waals surface area contributed by atoms with Gasteiger partial charge in [0.1, 0.15) is 6.54 Å². The molecule has 142 valence electrons. The molecule has 0 aliphatic heterocycles. The molecule has 0 radical (unpaired) electrons. The van der Waals surface area contributed by atoms with Gasteiger partial charge < -0.3 is 14.0 Å². The zero-order chi connectivity index (χ0) is 19.7. The third-order valence-corrected chi connectivity index (χ3v) is 4.44. The standard InChI is InChI=1S/C19H15ClN4O4/c1-26-15-6-3-11(7-16(15)27-2)18-22-17(28-23-18)9-24-10-21-14-5-4-12(20)8-13(14)19(24)25/h3-8,10H,9H2,1-2H3. The SMILES string of the molecule is COc1ccc(-c2noc(Cn3cnc4ccc(Cl)cc4c3=O)n2)cc1OC. The lowest BCUT2D eigenvalue weighted by molar-refractivity contribution is 0.355. The summed E-state index contributed by atoms with van der Waals surface area (Å²) in [6.45, 7) is 0.0918. The highest BCUT2D eigenvalue weighted by atomic mass is 35.5. The highest BCUT2D eigenvalue weighted by Gasteiger charge is 2.14. The van der Waals surface area contributed by atoms with Crippen LogP contribution >= 0.6 is 11.6 Å². The van der Waals surface area contributed by atoms with Crippen molar-refractivity contribution in [1.82, 2.24) is 19.7 Å². The van der Waals surface area contributed by atoms with Gasteiger partial charge in [-0.25, -0.2) is 4.98 Å². The fraction of sp³-hybridized carbons (Fsp3) is 0.158. The van der Waals surface area contributed by atoms with Crippen LogP contribution in [0.5, 0.6) is 11.5 Å². The van der Waals surface area contributed by atoms with Crippen LogP contribution in [0.4, 0.5) is 0 Å². The molecule has 0 saturated carbocycles. The van der Waals surface area contributed by atoms with Crippen molar-refractivity contribution in [2.75, 3.05) is 14.2 Å². The number of halogens is 1. The summed E-state index contributed by atoms with van der Waals surface area (Å²) in [4.78, 5) is 21.3. The van der Waals surface area contributed by atoms with Crippen molar-refractivity contribution in [3.8, 4) is 22.9 Å². The smallest absolute Gasteiger partial charge is 0.261 e. The number of rotatable bonds is 5. The quantitative estimate of drug-likeness (QED) is 0.509. The normalized spacial score (nSPS) is 11.0. The van der Waals surface area contributed by atoms with E-state index in [0.29, 0.717) is 38.8 Å². The summed E-state index contributed by atoms with van der Waals surface area (Å²) in [5, 5.41) is 4.88. The molecule has 0 aliphatic rings. The topological polar surface area (TPSA) is 92.3 Å². The zero-order valence-corrected chi connectivity index (χ0v) is 15.8. The third-order valence-electron chi connectivity index (χ3n) is 4.20. The van der Waals surface area contributed by atoms with E-state index in [9.17, 15) is 4.79 Å². The van der Waals surface area contributed by atoms with E-state index < -0.39 is 0 Å². The van der Waals surface area contributed by atoms with Gasteiger partial charge in [-0.2, -0.15) is 4.98 Å². The summed E-state index contributed by atoms with van der Waals surface area (Å²) < 4.78 is 17.2. The van der Waals surface area contributed by atoms with Crippen LogP contribution in [0.25, 0.3) is 22.3 Å². The minimum absolute atomic E-state index is 0.0918. The molecule has 0 aliphatic carbocycles. The zero-order valence-electron chi connectivity index (χ0n) is 15.0. The van der Waals surface area contributed by atoms with E-state index in [1.807, 2.05) is 0 Å². The maximum Gasteiger partial charge on any atom is 0.261 e. The van der Waals surface area contributed by atoms with Gasteiger partial charge >= 0.3 is 0 Å². The van der Waals surface area contributed by atoms with Crippen LogP contribution in [-0.2, 0) is 6.54 Å². The molecule has 28 heavy (non-hydrogen) atoms. The highest BCUT2D eigenvalue weighted by molar-refractivity contribution is 6.31. The molecule has 2 aromatic heterocycles. The van der Waals surface area contributed by atoms with Crippen LogP contribution < -0.4 is 15.0 Å². The van der Waals surface area contributed by atoms with Gasteiger partial charge in [-0.1, -0.05) is 16.8 Å². The molecule has 4 rings (SSSR count). The van der Waals surface area contributed by atoms with E-state index in [1.165, 1.54) is 10.9 Å². The Morgan fingerprint density at radius 3 is 2.71 bits per heavy atom. The molecule has 2 heterocycles. The molecule has 0 atom stereocenters. The second-order valence-electron chi connectivity index (χ2n) is 5.92. The molecule has 2 aromatic carbocycles. The van der Waals surface area contributed by atoms with Crippen LogP contribution in [0, 0.1) is 0 Å². The summed E-state index contributed by atoms with van der Waals surface area (Å²) in [6.07, 6.45) is 1.44. The maximum atomic E-state index is 12.7. The summed E-state index contributed by atoms with van der Waals surface area (Å²) >= 11 is 5.98. The summed E-state index contributed by atoms with van der Waals surface area (Å²) in [5.74, 6) is 1.80. The second-order valence-corrected chi connectivity index (χ2v) is 6.36. The summed E-state index contributed by atoms with van der Waals surface area (Å²) in [7, 11) is 3.11. The van der Waals surface area contributed by atoms with Gasteiger partial charge in [-0.15, -0.1) is 0 Å². The minimum Gasteiger partial charge on any atom is -0.493 e. The average Bonchev–Trinajstić information content (AvgIpc) is 3.18. The van der Waals surface area contributed by atoms with Gasteiger partial charge in [0.2, 0.25) is 11.7 Å². The Hall–Kier alpha value is -3.39. The maximum absolute atomic E-state index is 12.7. The van der Waals surface area contributed by atoms with Crippen molar-refractivity contribution in [2.45, 2.75) is 6.54 Å². The Balaban J connectivity index is 1.65. The fourth-order valence-corrected chi connectivity index (χ4v) is 2.97. The first-order valence-electron chi connectivity index (χ1n) is 8.28. The molecule has 0 bridgehead atoms. The molecule has 8 nitrogen and oxygen atoms in total. The molecule has 4 aromatic rings. The number of nitrogens with zero attached hydrogens (tertiary/aromatic N) is 4. The first-order valence-corrected chi connectivity index (χ1v) is 8.66. The molecule has 0 fully saturated rings. The fourth-order valence-electron chi connectivity index (χ4n) is 2.80. The molecule has 0 unspecified atom stereocenters. The van der Waals surface area contributed by atoms with Crippen LogP contribution in [0.15, 0.2) is 52.0 Å². The van der Waals surface area contributed by atoms with E-state index in [0.717, 1.165) is 0 Å². The molecular weight excluding hydrogens is 384 g/mol. The lowest BCUT2D eigenvalue weighted by atomic mass is 10.2. The van der Waals surface area contributed by atoms with Crippen molar-refractivity contribution in [2.24, 2.45) is 0 Å². The van der Waals surface area contributed by atoms with Gasteiger partial charge in [0.25, 0.3) is 5.56 Å². The Morgan fingerprint density at radius 2 is 1.93 bits per heavy atom. The lowest BCUT2D eigenvalue weighted by Crippen LogP contribution is -2.21. The van der Waals surface area contributed by atoms with Crippen molar-refractivity contribution in [3.05, 3.63) is 64.0 Å². The molecule has 9 heteroatoms. The van der Waals surface area contributed by atoms with Gasteiger partial charge in [-0.3, -0.25) is 9.36 Å². The van der Waals surface area contributed by atoms with E-state index in [1.54, 1.807) is 50.6 Å². The van der Waals surface area contributed by atoms with Crippen molar-refractivity contribution >= 4 is 22.5 Å². The Bertz CT molecular complexity index is 1220. The van der Waals surface area contributed by atoms with E-state index in [2.05, 4.69) is 15.1 Å². The van der Waals surface area contributed by atoms with Crippen molar-refractivity contribution < 1.29 is 14.0 Å². The summed E-state index contributed by atoms with van der Waals surface area (Å²) in [6, 6.07) is 10.3. The molecular formula is C19H15ClN4O4. The number of hydrogen-bond acceptors (Lipinski definition) is 7. The lowest BCUT2D eigenvalue weighted by Gasteiger charge is -2.07. The molecule has 0 saturated heterocycles. The largest absolute Gasteiger partial charge is 0.493 e. The first-order chi connectivity index (χ1) is 13.6. The number of aromatic nitrogens is 4. The number of hydrogen-bond donors (Lipinski definition) is 0. The number of ether oxygens (including phenoxy) is 2. The Morgan fingerprint density at radius 1 is 1.11 bits per heavy atom. The summed E-state index contributed by atoms with van der Waals surface area (Å²) in [5.41, 5.74) is 1.03. The number of benzene rings is 2. The average molecular weight is 399 g/mol. The van der Waals surface area contributed by atoms with E-state index in [-0.39, 0.29) is 18.0 Å². The van der Waals surface area contributed by atoms with Gasteiger partial charge in [-0.05, 0) is 36.4 Å². The van der Waals surface area contributed by atoms with Gasteiger partial charge in [0.05, 0.1) is 31.4 Å². The first kappa shape index (κ1) is 18.0.